The number of halogens is 1. The highest BCUT2D eigenvalue weighted by atomic mass is 32.2. The van der Waals surface area contributed by atoms with Crippen molar-refractivity contribution in [2.24, 2.45) is 17.8 Å². The van der Waals surface area contributed by atoms with E-state index < -0.39 is 35.0 Å². The van der Waals surface area contributed by atoms with Gasteiger partial charge in [-0.05, 0) is 30.6 Å². The molecule has 3 unspecified atom stereocenters. The Labute approximate surface area is 161 Å². The molecule has 1 saturated heterocycles. The van der Waals surface area contributed by atoms with Crippen LogP contribution in [0, 0.1) is 23.6 Å². The highest BCUT2D eigenvalue weighted by molar-refractivity contribution is 8.00. The van der Waals surface area contributed by atoms with E-state index in [0.29, 0.717) is 23.5 Å². The molecule has 1 aromatic heterocycles. The molecule has 5 atom stereocenters. The Bertz CT molecular complexity index is 757. The number of thioether (sulfide) groups is 1. The highest BCUT2D eigenvalue weighted by Gasteiger charge is 2.39. The molecule has 9 heteroatoms. The summed E-state index contributed by atoms with van der Waals surface area (Å²) in [5.74, 6) is -0.0872. The first-order valence-corrected chi connectivity index (χ1v) is 10.3. The SMILES string of the molecule is CC1CCC(C(C)C)C(OC(=O)[C@@H]2O[C@H](n3cc(F)c(N)nc3=O)CS2)C1. The smallest absolute Gasteiger partial charge is 0.351 e. The predicted molar refractivity (Wildman–Crippen MR) is 100 cm³/mol. The fourth-order valence-corrected chi connectivity index (χ4v) is 4.76. The van der Waals surface area contributed by atoms with Crippen LogP contribution in [-0.4, -0.2) is 32.8 Å². The van der Waals surface area contributed by atoms with E-state index in [4.69, 9.17) is 15.2 Å². The predicted octanol–water partition coefficient (Wildman–Crippen LogP) is 2.56. The number of rotatable bonds is 4. The van der Waals surface area contributed by atoms with E-state index in [-0.39, 0.29) is 6.10 Å². The molecule has 27 heavy (non-hydrogen) atoms. The van der Waals surface area contributed by atoms with E-state index in [1.165, 1.54) is 11.8 Å². The lowest BCUT2D eigenvalue weighted by atomic mass is 9.75. The summed E-state index contributed by atoms with van der Waals surface area (Å²) in [6.45, 7) is 6.46. The third-order valence-electron chi connectivity index (χ3n) is 5.34. The van der Waals surface area contributed by atoms with Crippen LogP contribution < -0.4 is 11.4 Å². The van der Waals surface area contributed by atoms with E-state index in [9.17, 15) is 14.0 Å². The van der Waals surface area contributed by atoms with Crippen LogP contribution in [-0.2, 0) is 14.3 Å². The molecule has 2 aliphatic rings. The Kier molecular flexibility index (Phi) is 6.10. The van der Waals surface area contributed by atoms with Crippen molar-refractivity contribution in [1.29, 1.82) is 0 Å². The number of esters is 1. The second kappa shape index (κ2) is 8.18. The molecule has 1 saturated carbocycles. The third kappa shape index (κ3) is 4.45. The van der Waals surface area contributed by atoms with Crippen molar-refractivity contribution in [3.8, 4) is 0 Å². The summed E-state index contributed by atoms with van der Waals surface area (Å²) in [4.78, 5) is 28.0. The number of nitrogen functional groups attached to an aromatic ring is 1. The standard InChI is InChI=1S/C18H26FN3O4S/c1-9(2)11-5-4-10(3)6-13(11)25-16(23)17-26-14(8-27-17)22-7-12(19)15(20)21-18(22)24/h7,9-11,13-14,17H,4-6,8H2,1-3H3,(H2,20,21,24)/t10?,11?,13?,14-,17+/m0/s1. The first-order chi connectivity index (χ1) is 12.8. The topological polar surface area (TPSA) is 96.4 Å². The van der Waals surface area contributed by atoms with E-state index >= 15 is 0 Å². The summed E-state index contributed by atoms with van der Waals surface area (Å²) in [5, 5.41) is 0. The average molecular weight is 399 g/mol. The fraction of sp³-hybridized carbons (Fsp3) is 0.722. The first kappa shape index (κ1) is 20.1. The lowest BCUT2D eigenvalue weighted by molar-refractivity contribution is -0.166. The van der Waals surface area contributed by atoms with Crippen molar-refractivity contribution in [2.45, 2.75) is 57.8 Å². The van der Waals surface area contributed by atoms with Gasteiger partial charge in [-0.1, -0.05) is 27.2 Å². The zero-order valence-electron chi connectivity index (χ0n) is 15.8. The Hall–Kier alpha value is -1.61. The summed E-state index contributed by atoms with van der Waals surface area (Å²) in [6, 6.07) is 0. The second-order valence-electron chi connectivity index (χ2n) is 7.72. The number of hydrogen-bond acceptors (Lipinski definition) is 7. The molecule has 0 amide bonds. The molecule has 3 rings (SSSR count). The number of nitrogens with two attached hydrogens (primary N) is 1. The Morgan fingerprint density at radius 1 is 1.48 bits per heavy atom. The van der Waals surface area contributed by atoms with Crippen LogP contribution in [0.25, 0.3) is 0 Å². The zero-order chi connectivity index (χ0) is 19.7. The van der Waals surface area contributed by atoms with Crippen LogP contribution in [0.1, 0.15) is 46.3 Å². The fourth-order valence-electron chi connectivity index (χ4n) is 3.78. The van der Waals surface area contributed by atoms with Crippen molar-refractivity contribution >= 4 is 23.5 Å². The van der Waals surface area contributed by atoms with Crippen LogP contribution in [0.15, 0.2) is 11.0 Å². The minimum absolute atomic E-state index is 0.122. The van der Waals surface area contributed by atoms with Crippen LogP contribution in [0.2, 0.25) is 0 Å². The molecule has 0 spiro atoms. The van der Waals surface area contributed by atoms with Crippen molar-refractivity contribution < 1.29 is 18.7 Å². The van der Waals surface area contributed by atoms with E-state index in [2.05, 4.69) is 25.8 Å². The second-order valence-corrected chi connectivity index (χ2v) is 8.82. The average Bonchev–Trinajstić information content (AvgIpc) is 3.08. The summed E-state index contributed by atoms with van der Waals surface area (Å²) >= 11 is 1.23. The van der Waals surface area contributed by atoms with Crippen LogP contribution in [0.4, 0.5) is 10.2 Å². The molecule has 0 radical (unpaired) electrons. The summed E-state index contributed by atoms with van der Waals surface area (Å²) in [5.41, 5.74) is 3.74. The number of nitrogens with zero attached hydrogens (tertiary/aromatic N) is 2. The van der Waals surface area contributed by atoms with Crippen LogP contribution >= 0.6 is 11.8 Å². The number of ether oxygens (including phenoxy) is 2. The van der Waals surface area contributed by atoms with Crippen molar-refractivity contribution in [3.05, 3.63) is 22.5 Å². The molecular weight excluding hydrogens is 373 g/mol. The highest BCUT2D eigenvalue weighted by Crippen LogP contribution is 2.37. The Morgan fingerprint density at radius 2 is 2.22 bits per heavy atom. The largest absolute Gasteiger partial charge is 0.459 e. The maximum atomic E-state index is 13.6. The number of aromatic nitrogens is 2. The van der Waals surface area contributed by atoms with Gasteiger partial charge in [0.1, 0.15) is 12.3 Å². The molecule has 0 bridgehead atoms. The zero-order valence-corrected chi connectivity index (χ0v) is 16.6. The van der Waals surface area contributed by atoms with E-state index in [0.717, 1.165) is 30.0 Å². The van der Waals surface area contributed by atoms with Gasteiger partial charge in [0.2, 0.25) is 5.44 Å². The Balaban J connectivity index is 1.65. The van der Waals surface area contributed by atoms with Gasteiger partial charge in [0.25, 0.3) is 0 Å². The summed E-state index contributed by atoms with van der Waals surface area (Å²) in [6.07, 6.45) is 3.09. The molecule has 7 nitrogen and oxygen atoms in total. The van der Waals surface area contributed by atoms with Crippen molar-refractivity contribution in [2.75, 3.05) is 11.5 Å². The van der Waals surface area contributed by atoms with Gasteiger partial charge >= 0.3 is 11.7 Å². The van der Waals surface area contributed by atoms with Gasteiger partial charge < -0.3 is 15.2 Å². The number of carbonyl (C=O) groups is 1. The molecule has 2 fully saturated rings. The van der Waals surface area contributed by atoms with E-state index in [1.807, 2.05) is 0 Å². The molecule has 2 N–H and O–H groups in total. The minimum atomic E-state index is -0.840. The van der Waals surface area contributed by atoms with Crippen LogP contribution in [0.3, 0.4) is 0 Å². The third-order valence-corrected chi connectivity index (χ3v) is 6.42. The van der Waals surface area contributed by atoms with E-state index in [1.54, 1.807) is 0 Å². The van der Waals surface area contributed by atoms with Gasteiger partial charge in [-0.25, -0.2) is 14.0 Å². The van der Waals surface area contributed by atoms with Gasteiger partial charge in [0.05, 0.1) is 6.20 Å². The molecule has 1 aromatic rings. The maximum Gasteiger partial charge on any atom is 0.351 e. The first-order valence-electron chi connectivity index (χ1n) is 9.28. The molecule has 0 aromatic carbocycles. The number of carbonyl (C=O) groups excluding carboxylic acids is 1. The minimum Gasteiger partial charge on any atom is -0.459 e. The molecule has 1 aliphatic heterocycles. The molecular formula is C18H26FN3O4S. The van der Waals surface area contributed by atoms with Crippen molar-refractivity contribution in [3.63, 3.8) is 0 Å². The van der Waals surface area contributed by atoms with Gasteiger partial charge in [-0.2, -0.15) is 4.98 Å². The number of hydrogen-bond donors (Lipinski definition) is 1. The lowest BCUT2D eigenvalue weighted by Gasteiger charge is -2.37. The van der Waals surface area contributed by atoms with Gasteiger partial charge in [0.15, 0.2) is 11.6 Å². The van der Waals surface area contributed by atoms with Gasteiger partial charge in [-0.3, -0.25) is 4.57 Å². The molecule has 1 aliphatic carbocycles. The quantitative estimate of drug-likeness (QED) is 0.777. The van der Waals surface area contributed by atoms with Gasteiger partial charge in [-0.15, -0.1) is 11.8 Å². The van der Waals surface area contributed by atoms with Crippen molar-refractivity contribution in [1.82, 2.24) is 9.55 Å². The summed E-state index contributed by atoms with van der Waals surface area (Å²) in [7, 11) is 0. The number of anilines is 1. The van der Waals surface area contributed by atoms with Gasteiger partial charge in [0, 0.05) is 5.75 Å². The lowest BCUT2D eigenvalue weighted by Crippen LogP contribution is -2.38. The monoisotopic (exact) mass is 399 g/mol. The van der Waals surface area contributed by atoms with Crippen LogP contribution in [0.5, 0.6) is 0 Å². The Morgan fingerprint density at radius 3 is 2.93 bits per heavy atom. The maximum absolute atomic E-state index is 13.6. The molecule has 150 valence electrons. The molecule has 2 heterocycles. The normalized spacial score (nSPS) is 31.2. The summed E-state index contributed by atoms with van der Waals surface area (Å²) < 4.78 is 26.1.